The van der Waals surface area contributed by atoms with Gasteiger partial charge in [-0.25, -0.2) is 0 Å². The molecule has 0 N–H and O–H groups in total. The zero-order valence-electron chi connectivity index (χ0n) is 9.80. The molecule has 0 aromatic heterocycles. The number of alkyl halides is 1. The van der Waals surface area contributed by atoms with Crippen LogP contribution < -0.4 is 0 Å². The molecule has 0 aromatic carbocycles. The van der Waals surface area contributed by atoms with Crippen molar-refractivity contribution in [3.05, 3.63) is 0 Å². The van der Waals surface area contributed by atoms with Gasteiger partial charge in [-0.3, -0.25) is 0 Å². The Bertz CT molecular complexity index is 152. The summed E-state index contributed by atoms with van der Waals surface area (Å²) < 4.78 is 0. The van der Waals surface area contributed by atoms with Crippen LogP contribution in [0.2, 0.25) is 0 Å². The van der Waals surface area contributed by atoms with Gasteiger partial charge < -0.3 is 4.90 Å². The van der Waals surface area contributed by atoms with E-state index in [4.69, 9.17) is 0 Å². The fourth-order valence-electron chi connectivity index (χ4n) is 2.10. The lowest BCUT2D eigenvalue weighted by Crippen LogP contribution is -2.35. The minimum Gasteiger partial charge on any atom is -0.306 e. The summed E-state index contributed by atoms with van der Waals surface area (Å²) in [6.07, 6.45) is 5.50. The Labute approximate surface area is 97.4 Å². The van der Waals surface area contributed by atoms with Crippen LogP contribution in [0.4, 0.5) is 0 Å². The van der Waals surface area contributed by atoms with Crippen LogP contribution in [-0.4, -0.2) is 29.9 Å². The number of nitrogens with zero attached hydrogens (tertiary/aromatic N) is 1. The van der Waals surface area contributed by atoms with Crippen molar-refractivity contribution in [2.24, 2.45) is 11.8 Å². The van der Waals surface area contributed by atoms with Crippen molar-refractivity contribution < 1.29 is 0 Å². The monoisotopic (exact) mass is 261 g/mol. The molecule has 0 unspecified atom stereocenters. The van der Waals surface area contributed by atoms with Gasteiger partial charge >= 0.3 is 0 Å². The second kappa shape index (κ2) is 6.12. The molecule has 1 saturated carbocycles. The molecule has 0 saturated heterocycles. The highest BCUT2D eigenvalue weighted by Crippen LogP contribution is 2.33. The maximum absolute atomic E-state index is 3.64. The van der Waals surface area contributed by atoms with Crippen LogP contribution in [0.1, 0.15) is 39.5 Å². The number of hydrogen-bond donors (Lipinski definition) is 0. The molecule has 0 aromatic rings. The van der Waals surface area contributed by atoms with Crippen molar-refractivity contribution in [1.82, 2.24) is 4.90 Å². The van der Waals surface area contributed by atoms with Crippen LogP contribution >= 0.6 is 15.9 Å². The van der Waals surface area contributed by atoms with E-state index in [1.54, 1.807) is 0 Å². The Morgan fingerprint density at radius 1 is 1.36 bits per heavy atom. The Hall–Kier alpha value is 0.440. The lowest BCUT2D eigenvalue weighted by Gasteiger charge is -2.34. The van der Waals surface area contributed by atoms with Crippen LogP contribution in [0.15, 0.2) is 0 Å². The molecule has 0 amide bonds. The van der Waals surface area contributed by atoms with Crippen LogP contribution in [0.25, 0.3) is 0 Å². The highest BCUT2D eigenvalue weighted by Gasteiger charge is 2.27. The fraction of sp³-hybridized carbons (Fsp3) is 1.00. The fourth-order valence-corrected chi connectivity index (χ4v) is 3.16. The molecule has 0 radical (unpaired) electrons. The summed E-state index contributed by atoms with van der Waals surface area (Å²) in [4.78, 5) is 3.32. The van der Waals surface area contributed by atoms with E-state index in [-0.39, 0.29) is 0 Å². The van der Waals surface area contributed by atoms with E-state index in [1.807, 2.05) is 0 Å². The van der Waals surface area contributed by atoms with E-state index >= 15 is 0 Å². The molecule has 1 rings (SSSR count). The van der Waals surface area contributed by atoms with Gasteiger partial charge in [-0.05, 0) is 51.1 Å². The van der Waals surface area contributed by atoms with Crippen LogP contribution in [-0.2, 0) is 0 Å². The average Bonchev–Trinajstić information content (AvgIpc) is 2.00. The summed E-state index contributed by atoms with van der Waals surface area (Å²) in [5, 5.41) is 0. The Kier molecular flexibility index (Phi) is 5.47. The minimum atomic E-state index is 0.816. The van der Waals surface area contributed by atoms with Crippen molar-refractivity contribution in [3.8, 4) is 0 Å². The van der Waals surface area contributed by atoms with E-state index in [1.165, 1.54) is 38.8 Å². The second-order valence-electron chi connectivity index (χ2n) is 5.23. The topological polar surface area (TPSA) is 3.24 Å². The van der Waals surface area contributed by atoms with Gasteiger partial charge in [0, 0.05) is 11.4 Å². The minimum absolute atomic E-state index is 0.816. The molecule has 14 heavy (non-hydrogen) atoms. The highest BCUT2D eigenvalue weighted by atomic mass is 79.9. The van der Waals surface area contributed by atoms with Crippen molar-refractivity contribution in [3.63, 3.8) is 0 Å². The first-order valence-electron chi connectivity index (χ1n) is 5.90. The smallest absolute Gasteiger partial charge is 0.0152 e. The van der Waals surface area contributed by atoms with Crippen molar-refractivity contribution >= 4 is 15.9 Å². The molecule has 0 spiro atoms. The summed E-state index contributed by atoms with van der Waals surface area (Å²) in [6.45, 7) is 7.20. The first-order chi connectivity index (χ1) is 6.58. The van der Waals surface area contributed by atoms with Gasteiger partial charge in [-0.1, -0.05) is 29.8 Å². The summed E-state index contributed by atoms with van der Waals surface area (Å²) in [5.41, 5.74) is 0. The molecule has 2 heteroatoms. The maximum atomic E-state index is 3.64. The number of rotatable bonds is 6. The van der Waals surface area contributed by atoms with Gasteiger partial charge in [0.05, 0.1) is 0 Å². The highest BCUT2D eigenvalue weighted by molar-refractivity contribution is 9.09. The van der Waals surface area contributed by atoms with Gasteiger partial charge in [0.25, 0.3) is 0 Å². The Morgan fingerprint density at radius 2 is 2.00 bits per heavy atom. The van der Waals surface area contributed by atoms with Crippen LogP contribution in [0.3, 0.4) is 0 Å². The third-order valence-electron chi connectivity index (χ3n) is 3.07. The molecule has 1 aliphatic carbocycles. The predicted molar refractivity (Wildman–Crippen MR) is 67.0 cm³/mol. The Balaban J connectivity index is 1.96. The van der Waals surface area contributed by atoms with E-state index < -0.39 is 0 Å². The lowest BCUT2D eigenvalue weighted by molar-refractivity contribution is 0.209. The van der Waals surface area contributed by atoms with Gasteiger partial charge in [0.1, 0.15) is 0 Å². The summed E-state index contributed by atoms with van der Waals surface area (Å²) >= 11 is 3.64. The van der Waals surface area contributed by atoms with Crippen LogP contribution in [0, 0.1) is 11.8 Å². The zero-order chi connectivity index (χ0) is 10.6. The zero-order valence-corrected chi connectivity index (χ0v) is 11.4. The molecular formula is C12H24BrN. The normalized spacial score (nSPS) is 27.0. The third-order valence-corrected chi connectivity index (χ3v) is 3.82. The summed E-state index contributed by atoms with van der Waals surface area (Å²) in [7, 11) is 2.27. The first-order valence-corrected chi connectivity index (χ1v) is 6.82. The molecule has 0 aliphatic heterocycles. The van der Waals surface area contributed by atoms with E-state index in [9.17, 15) is 0 Å². The third kappa shape index (κ3) is 4.79. The Morgan fingerprint density at radius 3 is 2.50 bits per heavy atom. The number of halogens is 1. The van der Waals surface area contributed by atoms with Gasteiger partial charge in [-0.15, -0.1) is 0 Å². The first kappa shape index (κ1) is 12.5. The number of hydrogen-bond acceptors (Lipinski definition) is 1. The maximum Gasteiger partial charge on any atom is 0.0152 e. The molecule has 0 bridgehead atoms. The second-order valence-corrected chi connectivity index (χ2v) is 6.53. The van der Waals surface area contributed by atoms with Crippen molar-refractivity contribution in [2.45, 2.75) is 44.4 Å². The van der Waals surface area contributed by atoms with E-state index in [0.717, 1.165) is 16.7 Å². The van der Waals surface area contributed by atoms with Crippen LogP contribution in [0.5, 0.6) is 0 Å². The average molecular weight is 262 g/mol. The molecular weight excluding hydrogens is 238 g/mol. The largest absolute Gasteiger partial charge is 0.306 e. The van der Waals surface area contributed by atoms with E-state index in [0.29, 0.717) is 0 Å². The molecule has 1 nitrogen and oxygen atoms in total. The molecule has 84 valence electrons. The molecule has 1 fully saturated rings. The quantitative estimate of drug-likeness (QED) is 0.662. The van der Waals surface area contributed by atoms with Gasteiger partial charge in [-0.2, -0.15) is 0 Å². The standard InChI is InChI=1S/C12H24BrN/c1-10(2)5-4-6-14(3)9-11-7-12(13)8-11/h10-12H,4-9H2,1-3H3. The molecule has 1 aliphatic rings. The SMILES string of the molecule is CC(C)CCCN(C)CC1CC(Br)C1. The molecule has 0 atom stereocenters. The lowest BCUT2D eigenvalue weighted by atomic mass is 9.85. The summed E-state index contributed by atoms with van der Waals surface area (Å²) in [6, 6.07) is 0. The molecule has 0 heterocycles. The summed E-state index contributed by atoms with van der Waals surface area (Å²) in [5.74, 6) is 1.82. The van der Waals surface area contributed by atoms with Crippen molar-refractivity contribution in [2.75, 3.05) is 20.1 Å². The van der Waals surface area contributed by atoms with Gasteiger partial charge in [0.2, 0.25) is 0 Å². The van der Waals surface area contributed by atoms with E-state index in [2.05, 4.69) is 41.7 Å². The van der Waals surface area contributed by atoms with Crippen molar-refractivity contribution in [1.29, 1.82) is 0 Å². The van der Waals surface area contributed by atoms with Gasteiger partial charge in [0.15, 0.2) is 0 Å². The predicted octanol–water partition coefficient (Wildman–Crippen LogP) is 3.53.